The van der Waals surface area contributed by atoms with Crippen LogP contribution in [0.2, 0.25) is 0 Å². The van der Waals surface area contributed by atoms with E-state index in [1.807, 2.05) is 94.4 Å². The molecule has 4 rings (SSSR count). The molecule has 248 valence electrons. The molecule has 0 unspecified atom stereocenters. The Labute approximate surface area is 280 Å². The minimum Gasteiger partial charge on any atom is -0.352 e. The molecular weight excluding hydrogens is 607 g/mol. The second-order valence-electron chi connectivity index (χ2n) is 12.6. The van der Waals surface area contributed by atoms with E-state index in [-0.39, 0.29) is 35.7 Å². The number of nitrogens with zero attached hydrogens (tertiary/aromatic N) is 2. The smallest absolute Gasteiger partial charge is 0.264 e. The van der Waals surface area contributed by atoms with E-state index >= 15 is 0 Å². The summed E-state index contributed by atoms with van der Waals surface area (Å²) in [4.78, 5) is 30.3. The van der Waals surface area contributed by atoms with Crippen LogP contribution >= 0.6 is 0 Å². The molecule has 0 aliphatic carbocycles. The van der Waals surface area contributed by atoms with E-state index in [2.05, 4.69) is 19.2 Å². The number of sulfonamides is 1. The number of carbonyl (C=O) groups excluding carboxylic acids is 2. The molecule has 0 aliphatic heterocycles. The van der Waals surface area contributed by atoms with Crippen molar-refractivity contribution >= 4 is 27.5 Å². The molecule has 4 aromatic carbocycles. The Morgan fingerprint density at radius 1 is 0.766 bits per heavy atom. The van der Waals surface area contributed by atoms with Crippen molar-refractivity contribution in [2.45, 2.75) is 83.8 Å². The third-order valence-electron chi connectivity index (χ3n) is 8.44. The van der Waals surface area contributed by atoms with Gasteiger partial charge < -0.3 is 10.2 Å². The predicted molar refractivity (Wildman–Crippen MR) is 190 cm³/mol. The first-order valence-electron chi connectivity index (χ1n) is 16.3. The number of amides is 2. The van der Waals surface area contributed by atoms with Crippen molar-refractivity contribution in [3.63, 3.8) is 0 Å². The molecule has 0 aliphatic rings. The molecule has 8 heteroatoms. The third kappa shape index (κ3) is 9.32. The lowest BCUT2D eigenvalue weighted by molar-refractivity contribution is -0.140. The Balaban J connectivity index is 1.82. The topological polar surface area (TPSA) is 86.8 Å². The van der Waals surface area contributed by atoms with E-state index in [0.717, 1.165) is 34.2 Å². The molecule has 2 amide bonds. The zero-order chi connectivity index (χ0) is 34.1. The maximum absolute atomic E-state index is 14.7. The lowest BCUT2D eigenvalue weighted by Crippen LogP contribution is -2.54. The van der Waals surface area contributed by atoms with Gasteiger partial charge in [0.05, 0.1) is 10.6 Å². The van der Waals surface area contributed by atoms with Gasteiger partial charge in [-0.3, -0.25) is 13.9 Å². The van der Waals surface area contributed by atoms with Gasteiger partial charge in [0.15, 0.2) is 0 Å². The van der Waals surface area contributed by atoms with Crippen LogP contribution in [0.5, 0.6) is 0 Å². The maximum Gasteiger partial charge on any atom is 0.264 e. The highest BCUT2D eigenvalue weighted by Gasteiger charge is 2.35. The molecule has 0 saturated heterocycles. The van der Waals surface area contributed by atoms with Crippen LogP contribution in [-0.2, 0) is 32.6 Å². The maximum atomic E-state index is 14.7. The molecule has 7 nitrogen and oxygen atoms in total. The number of rotatable bonds is 14. The number of anilines is 1. The van der Waals surface area contributed by atoms with Crippen molar-refractivity contribution in [1.29, 1.82) is 0 Å². The highest BCUT2D eigenvalue weighted by atomic mass is 32.2. The van der Waals surface area contributed by atoms with Gasteiger partial charge in [0.1, 0.15) is 12.6 Å². The molecule has 0 radical (unpaired) electrons. The fraction of sp³-hybridized carbons (Fsp3) is 0.333. The Morgan fingerprint density at radius 3 is 2.00 bits per heavy atom. The van der Waals surface area contributed by atoms with Gasteiger partial charge in [0.25, 0.3) is 10.0 Å². The van der Waals surface area contributed by atoms with E-state index in [0.29, 0.717) is 5.69 Å². The van der Waals surface area contributed by atoms with E-state index in [9.17, 15) is 18.0 Å². The number of nitrogens with one attached hydrogen (secondary N) is 1. The number of aryl methyl sites for hydroxylation is 2. The Bertz CT molecular complexity index is 1740. The summed E-state index contributed by atoms with van der Waals surface area (Å²) < 4.78 is 29.7. The molecule has 0 fully saturated rings. The number of hydrogen-bond donors (Lipinski definition) is 1. The molecular formula is C39H47N3O4S. The van der Waals surface area contributed by atoms with Crippen LogP contribution in [-0.4, -0.2) is 43.8 Å². The normalized spacial score (nSPS) is 12.7. The van der Waals surface area contributed by atoms with Crippen molar-refractivity contribution in [3.05, 3.63) is 131 Å². The molecule has 2 atom stereocenters. The molecule has 0 bridgehead atoms. The average molecular weight is 654 g/mol. The molecule has 0 saturated carbocycles. The third-order valence-corrected chi connectivity index (χ3v) is 10.2. The van der Waals surface area contributed by atoms with E-state index in [1.165, 1.54) is 4.31 Å². The highest BCUT2D eigenvalue weighted by Crippen LogP contribution is 2.27. The summed E-state index contributed by atoms with van der Waals surface area (Å²) in [7, 11) is -4.15. The lowest BCUT2D eigenvalue weighted by atomic mass is 10.0. The van der Waals surface area contributed by atoms with Crippen LogP contribution in [0.4, 0.5) is 5.69 Å². The molecule has 0 spiro atoms. The van der Waals surface area contributed by atoms with Gasteiger partial charge in [-0.1, -0.05) is 111 Å². The molecule has 47 heavy (non-hydrogen) atoms. The second kappa shape index (κ2) is 15.9. The van der Waals surface area contributed by atoms with Gasteiger partial charge in [-0.2, -0.15) is 0 Å². The Morgan fingerprint density at radius 2 is 1.40 bits per heavy atom. The van der Waals surface area contributed by atoms with Crippen LogP contribution in [0.25, 0.3) is 0 Å². The Kier molecular flexibility index (Phi) is 12.0. The lowest BCUT2D eigenvalue weighted by Gasteiger charge is -2.34. The first kappa shape index (κ1) is 35.4. The SMILES string of the molecule is CC[C@H](C)NC(=O)[C@H](Cc1ccccc1)N(Cc1cccc(C)c1)C(=O)CN(c1ccc(C(C)C)cc1)S(=O)(=O)c1ccc(C)cc1. The molecule has 0 heterocycles. The summed E-state index contributed by atoms with van der Waals surface area (Å²) in [6.07, 6.45) is 0.999. The second-order valence-corrected chi connectivity index (χ2v) is 14.5. The van der Waals surface area contributed by atoms with Gasteiger partial charge in [0, 0.05) is 19.0 Å². The zero-order valence-corrected chi connectivity index (χ0v) is 29.1. The van der Waals surface area contributed by atoms with E-state index in [4.69, 9.17) is 0 Å². The van der Waals surface area contributed by atoms with Crippen LogP contribution in [0, 0.1) is 13.8 Å². The first-order chi connectivity index (χ1) is 22.4. The van der Waals surface area contributed by atoms with Crippen LogP contribution < -0.4 is 9.62 Å². The highest BCUT2D eigenvalue weighted by molar-refractivity contribution is 7.92. The van der Waals surface area contributed by atoms with Gasteiger partial charge in [0.2, 0.25) is 11.8 Å². The van der Waals surface area contributed by atoms with Crippen molar-refractivity contribution in [2.24, 2.45) is 0 Å². The van der Waals surface area contributed by atoms with E-state index < -0.39 is 28.5 Å². The van der Waals surface area contributed by atoms with Crippen LogP contribution in [0.15, 0.2) is 108 Å². The van der Waals surface area contributed by atoms with Gasteiger partial charge in [-0.05, 0) is 74.1 Å². The molecule has 1 N–H and O–H groups in total. The summed E-state index contributed by atoms with van der Waals surface area (Å²) in [6, 6.07) is 30.3. The summed E-state index contributed by atoms with van der Waals surface area (Å²) in [5, 5.41) is 3.08. The minimum atomic E-state index is -4.15. The monoisotopic (exact) mass is 653 g/mol. The van der Waals surface area contributed by atoms with Crippen molar-refractivity contribution in [2.75, 3.05) is 10.8 Å². The molecule has 0 aromatic heterocycles. The van der Waals surface area contributed by atoms with Crippen molar-refractivity contribution in [3.8, 4) is 0 Å². The zero-order valence-electron chi connectivity index (χ0n) is 28.3. The summed E-state index contributed by atoms with van der Waals surface area (Å²) >= 11 is 0. The van der Waals surface area contributed by atoms with Gasteiger partial charge in [-0.15, -0.1) is 0 Å². The van der Waals surface area contributed by atoms with Crippen LogP contribution in [0.1, 0.15) is 67.9 Å². The van der Waals surface area contributed by atoms with E-state index in [1.54, 1.807) is 41.3 Å². The number of carbonyl (C=O) groups is 2. The fourth-order valence-electron chi connectivity index (χ4n) is 5.39. The summed E-state index contributed by atoms with van der Waals surface area (Å²) in [5.41, 5.74) is 5.12. The minimum absolute atomic E-state index is 0.0874. The van der Waals surface area contributed by atoms with Crippen molar-refractivity contribution < 1.29 is 18.0 Å². The Hall–Kier alpha value is -4.43. The largest absolute Gasteiger partial charge is 0.352 e. The summed E-state index contributed by atoms with van der Waals surface area (Å²) in [6.45, 7) is 11.6. The summed E-state index contributed by atoms with van der Waals surface area (Å²) in [5.74, 6) is -0.505. The predicted octanol–water partition coefficient (Wildman–Crippen LogP) is 7.18. The average Bonchev–Trinajstić information content (AvgIpc) is 3.05. The van der Waals surface area contributed by atoms with Gasteiger partial charge >= 0.3 is 0 Å². The molecule has 4 aromatic rings. The standard InChI is InChI=1S/C39H47N3O4S/c1-7-31(6)40-39(44)37(25-32-13-9-8-10-14-32)41(26-33-15-11-12-30(5)24-33)38(43)27-42(35-20-18-34(19-21-35)28(2)3)47(45,46)36-22-16-29(4)17-23-36/h8-24,28,31,37H,7,25-27H2,1-6H3,(H,40,44)/t31-,37-/m0/s1. The quantitative estimate of drug-likeness (QED) is 0.156. The van der Waals surface area contributed by atoms with Crippen molar-refractivity contribution in [1.82, 2.24) is 10.2 Å². The fourth-order valence-corrected chi connectivity index (χ4v) is 6.81. The van der Waals surface area contributed by atoms with Crippen LogP contribution in [0.3, 0.4) is 0 Å². The first-order valence-corrected chi connectivity index (χ1v) is 17.7. The number of hydrogen-bond acceptors (Lipinski definition) is 4. The number of benzene rings is 4. The van der Waals surface area contributed by atoms with Gasteiger partial charge in [-0.25, -0.2) is 8.42 Å².